The Bertz CT molecular complexity index is 1210. The van der Waals surface area contributed by atoms with E-state index in [0.29, 0.717) is 22.6 Å². The largest absolute Gasteiger partial charge is 0.304 e. The fraction of sp³-hybridized carbons (Fsp3) is 0.333. The first kappa shape index (κ1) is 25.4. The number of nitrogens with one attached hydrogen (secondary N) is 2. The number of para-hydroxylation sites is 1. The monoisotopic (exact) mass is 485 g/mol. The molecule has 1 heterocycles. The number of hydrogen-bond acceptors (Lipinski definition) is 6. The fourth-order valence-corrected chi connectivity index (χ4v) is 4.28. The number of nitrogens with zero attached hydrogens (tertiary/aromatic N) is 3. The van der Waals surface area contributed by atoms with E-state index < -0.39 is 17.6 Å². The normalized spacial score (nSPS) is 11.1. The van der Waals surface area contributed by atoms with Crippen molar-refractivity contribution < 1.29 is 14.0 Å². The lowest BCUT2D eigenvalue weighted by molar-refractivity contribution is -0.119. The van der Waals surface area contributed by atoms with E-state index in [-0.39, 0.29) is 16.9 Å². The topological polar surface area (TPSA) is 96.3 Å². The van der Waals surface area contributed by atoms with Crippen LogP contribution in [0.25, 0.3) is 10.9 Å². The van der Waals surface area contributed by atoms with Gasteiger partial charge in [-0.2, -0.15) is 0 Å². The summed E-state index contributed by atoms with van der Waals surface area (Å²) < 4.78 is 15.3. The molecule has 3 rings (SSSR count). The van der Waals surface area contributed by atoms with Crippen molar-refractivity contribution in [3.8, 4) is 0 Å². The Morgan fingerprint density at radius 1 is 1.06 bits per heavy atom. The third-order valence-corrected chi connectivity index (χ3v) is 6.32. The van der Waals surface area contributed by atoms with Gasteiger partial charge in [0.1, 0.15) is 5.82 Å². The molecule has 0 bridgehead atoms. The minimum absolute atomic E-state index is 0.0849. The molecule has 180 valence electrons. The second kappa shape index (κ2) is 12.3. The molecule has 2 N–H and O–H groups in total. The number of carbonyl (C=O) groups excluding carboxylic acids is 2. The maximum Gasteiger partial charge on any atom is 0.272 e. The first-order valence-electron chi connectivity index (χ1n) is 11.1. The van der Waals surface area contributed by atoms with Crippen LogP contribution in [0.5, 0.6) is 0 Å². The molecule has 0 radical (unpaired) electrons. The molecule has 0 unspecified atom stereocenters. The lowest BCUT2D eigenvalue weighted by Crippen LogP contribution is -2.42. The van der Waals surface area contributed by atoms with Crippen molar-refractivity contribution in [1.29, 1.82) is 0 Å². The van der Waals surface area contributed by atoms with Crippen molar-refractivity contribution in [2.45, 2.75) is 32.0 Å². The second-order valence-electron chi connectivity index (χ2n) is 7.52. The maximum absolute atomic E-state index is 13.7. The summed E-state index contributed by atoms with van der Waals surface area (Å²) in [5.74, 6) is -2.03. The van der Waals surface area contributed by atoms with E-state index >= 15 is 0 Å². The number of hydrogen-bond donors (Lipinski definition) is 2. The molecule has 0 fully saturated rings. The summed E-state index contributed by atoms with van der Waals surface area (Å²) in [4.78, 5) is 44.4. The number of benzene rings is 2. The Kier molecular flexibility index (Phi) is 9.17. The zero-order valence-corrected chi connectivity index (χ0v) is 20.0. The van der Waals surface area contributed by atoms with Crippen LogP contribution >= 0.6 is 11.8 Å². The van der Waals surface area contributed by atoms with Crippen LogP contribution in [0.4, 0.5) is 4.39 Å². The first-order chi connectivity index (χ1) is 16.4. The van der Waals surface area contributed by atoms with E-state index in [2.05, 4.69) is 34.6 Å². The van der Waals surface area contributed by atoms with E-state index in [4.69, 9.17) is 0 Å². The number of fused-ring (bicyclic) bond motifs is 1. The van der Waals surface area contributed by atoms with Crippen LogP contribution < -0.4 is 16.4 Å². The van der Waals surface area contributed by atoms with Gasteiger partial charge in [0.15, 0.2) is 5.16 Å². The zero-order valence-electron chi connectivity index (χ0n) is 19.2. The van der Waals surface area contributed by atoms with E-state index in [0.717, 1.165) is 43.9 Å². The average molecular weight is 486 g/mol. The van der Waals surface area contributed by atoms with Gasteiger partial charge in [-0.1, -0.05) is 49.9 Å². The zero-order chi connectivity index (χ0) is 24.5. The molecule has 0 saturated carbocycles. The second-order valence-corrected chi connectivity index (χ2v) is 8.46. The van der Waals surface area contributed by atoms with Crippen LogP contribution in [0.2, 0.25) is 0 Å². The molecule has 3 aromatic rings. The van der Waals surface area contributed by atoms with E-state index in [9.17, 15) is 18.8 Å². The van der Waals surface area contributed by atoms with Crippen LogP contribution in [0.3, 0.4) is 0 Å². The number of thioether (sulfide) groups is 1. The summed E-state index contributed by atoms with van der Waals surface area (Å²) in [6.45, 7) is 7.37. The summed E-state index contributed by atoms with van der Waals surface area (Å²) in [5.41, 5.74) is 4.71. The number of amides is 2. The molecular formula is C24H28FN5O3S. The standard InChI is InChI=1S/C24H28FN5O3S/c1-3-29(4-2)14-9-15-30-23(33)18-11-6-8-13-20(18)26-24(30)34-16-21(31)27-28-22(32)17-10-5-7-12-19(17)25/h5-8,10-13H,3-4,9,14-16H2,1-2H3,(H,27,31)(H,28,32). The molecule has 10 heteroatoms. The minimum Gasteiger partial charge on any atom is -0.304 e. The number of rotatable bonds is 10. The molecule has 0 aliphatic carbocycles. The summed E-state index contributed by atoms with van der Waals surface area (Å²) >= 11 is 1.11. The summed E-state index contributed by atoms with van der Waals surface area (Å²) in [5, 5.41) is 0.954. The van der Waals surface area contributed by atoms with Gasteiger partial charge in [0, 0.05) is 6.54 Å². The third-order valence-electron chi connectivity index (χ3n) is 5.34. The maximum atomic E-state index is 13.7. The highest BCUT2D eigenvalue weighted by Gasteiger charge is 2.15. The highest BCUT2D eigenvalue weighted by molar-refractivity contribution is 7.99. The number of aromatic nitrogens is 2. The molecule has 0 atom stereocenters. The van der Waals surface area contributed by atoms with Gasteiger partial charge in [-0.05, 0) is 50.3 Å². The Morgan fingerprint density at radius 3 is 2.50 bits per heavy atom. The van der Waals surface area contributed by atoms with Crippen LogP contribution in [0.1, 0.15) is 30.6 Å². The van der Waals surface area contributed by atoms with Crippen molar-refractivity contribution in [2.24, 2.45) is 0 Å². The third kappa shape index (κ3) is 6.42. The molecule has 2 aromatic carbocycles. The lowest BCUT2D eigenvalue weighted by atomic mass is 10.2. The SMILES string of the molecule is CCN(CC)CCCn1c(SCC(=O)NNC(=O)c2ccccc2F)nc2ccccc2c1=O. The Hall–Kier alpha value is -3.24. The average Bonchev–Trinajstić information content (AvgIpc) is 2.85. The lowest BCUT2D eigenvalue weighted by Gasteiger charge is -2.19. The summed E-state index contributed by atoms with van der Waals surface area (Å²) in [6, 6.07) is 12.6. The number of carbonyl (C=O) groups is 2. The van der Waals surface area contributed by atoms with Gasteiger partial charge >= 0.3 is 0 Å². The predicted octanol–water partition coefficient (Wildman–Crippen LogP) is 2.82. The van der Waals surface area contributed by atoms with Gasteiger partial charge in [-0.25, -0.2) is 9.37 Å². The molecule has 0 spiro atoms. The van der Waals surface area contributed by atoms with Crippen LogP contribution in [0.15, 0.2) is 58.5 Å². The van der Waals surface area contributed by atoms with Gasteiger partial charge in [-0.15, -0.1) is 0 Å². The van der Waals surface area contributed by atoms with E-state index in [1.807, 2.05) is 0 Å². The minimum atomic E-state index is -0.756. The fourth-order valence-electron chi connectivity index (χ4n) is 3.45. The molecule has 0 saturated heterocycles. The highest BCUT2D eigenvalue weighted by atomic mass is 32.2. The Balaban J connectivity index is 1.68. The van der Waals surface area contributed by atoms with Crippen LogP contribution in [0, 0.1) is 5.82 Å². The molecule has 2 amide bonds. The summed E-state index contributed by atoms with van der Waals surface area (Å²) in [6.07, 6.45) is 0.764. The quantitative estimate of drug-likeness (QED) is 0.260. The van der Waals surface area contributed by atoms with Crippen molar-refractivity contribution in [2.75, 3.05) is 25.4 Å². The van der Waals surface area contributed by atoms with E-state index in [1.165, 1.54) is 18.2 Å². The van der Waals surface area contributed by atoms with Crippen molar-refractivity contribution >= 4 is 34.5 Å². The number of halogens is 1. The van der Waals surface area contributed by atoms with Gasteiger partial charge in [0.25, 0.3) is 11.5 Å². The Labute approximate surface area is 201 Å². The van der Waals surface area contributed by atoms with Gasteiger partial charge in [0.2, 0.25) is 5.91 Å². The predicted molar refractivity (Wildman–Crippen MR) is 131 cm³/mol. The number of hydrazine groups is 1. The molecular weight excluding hydrogens is 457 g/mol. The van der Waals surface area contributed by atoms with Crippen LogP contribution in [-0.2, 0) is 11.3 Å². The molecule has 34 heavy (non-hydrogen) atoms. The smallest absolute Gasteiger partial charge is 0.272 e. The van der Waals surface area contributed by atoms with Gasteiger partial charge in [-0.3, -0.25) is 29.8 Å². The van der Waals surface area contributed by atoms with Crippen molar-refractivity contribution in [3.63, 3.8) is 0 Å². The molecule has 8 nitrogen and oxygen atoms in total. The first-order valence-corrected chi connectivity index (χ1v) is 12.1. The van der Waals surface area contributed by atoms with Crippen molar-refractivity contribution in [3.05, 3.63) is 70.3 Å². The molecule has 0 aliphatic heterocycles. The molecule has 0 aliphatic rings. The Morgan fingerprint density at radius 2 is 1.76 bits per heavy atom. The summed E-state index contributed by atoms with van der Waals surface area (Å²) in [7, 11) is 0. The van der Waals surface area contributed by atoms with Crippen molar-refractivity contribution in [1.82, 2.24) is 25.3 Å². The highest BCUT2D eigenvalue weighted by Crippen LogP contribution is 2.18. The molecule has 1 aromatic heterocycles. The van der Waals surface area contributed by atoms with Gasteiger partial charge < -0.3 is 4.90 Å². The van der Waals surface area contributed by atoms with Crippen LogP contribution in [-0.4, -0.2) is 51.7 Å². The van der Waals surface area contributed by atoms with Gasteiger partial charge in [0.05, 0.1) is 22.2 Å². The van der Waals surface area contributed by atoms with E-state index in [1.54, 1.807) is 28.8 Å².